The first-order chi connectivity index (χ1) is 5.29. The lowest BCUT2D eigenvalue weighted by molar-refractivity contribution is -0.152. The molecule has 1 rings (SSSR count). The van der Waals surface area contributed by atoms with Crippen molar-refractivity contribution in [3.63, 3.8) is 0 Å². The minimum atomic E-state index is -0.426. The molecule has 0 aliphatic carbocycles. The van der Waals surface area contributed by atoms with Gasteiger partial charge in [0.15, 0.2) is 6.10 Å². The number of nitrogens with two attached hydrogens (primary N) is 1. The zero-order valence-electron chi connectivity index (χ0n) is 6.58. The van der Waals surface area contributed by atoms with Gasteiger partial charge in [-0.15, -0.1) is 0 Å². The fraction of sp³-hybridized carbons (Fsp3) is 0.857. The van der Waals surface area contributed by atoms with E-state index in [9.17, 15) is 4.79 Å². The summed E-state index contributed by atoms with van der Waals surface area (Å²) in [6, 6.07) is 0. The quantitative estimate of drug-likeness (QED) is 0.553. The number of rotatable bonds is 2. The highest BCUT2D eigenvalue weighted by molar-refractivity contribution is 5.75. The van der Waals surface area contributed by atoms with Crippen molar-refractivity contribution >= 4 is 5.97 Å². The maximum Gasteiger partial charge on any atom is 0.335 e. The third kappa shape index (κ3) is 1.70. The van der Waals surface area contributed by atoms with E-state index in [1.54, 1.807) is 0 Å². The van der Waals surface area contributed by atoms with Crippen LogP contribution in [-0.2, 0) is 14.3 Å². The zero-order chi connectivity index (χ0) is 8.27. The number of carbonyl (C=O) groups excluding carboxylic acids is 1. The summed E-state index contributed by atoms with van der Waals surface area (Å²) in [6.07, 6.45) is 0.431. The van der Waals surface area contributed by atoms with E-state index in [4.69, 9.17) is 10.5 Å². The topological polar surface area (TPSA) is 61.5 Å². The maximum absolute atomic E-state index is 11.0. The van der Waals surface area contributed by atoms with Gasteiger partial charge in [-0.1, -0.05) is 0 Å². The molecule has 1 heterocycles. The smallest absolute Gasteiger partial charge is 0.335 e. The van der Waals surface area contributed by atoms with Gasteiger partial charge in [0, 0.05) is 12.5 Å². The van der Waals surface area contributed by atoms with E-state index in [2.05, 4.69) is 4.74 Å². The Morgan fingerprint density at radius 2 is 2.55 bits per heavy atom. The predicted molar refractivity (Wildman–Crippen MR) is 38.9 cm³/mol. The summed E-state index contributed by atoms with van der Waals surface area (Å²) in [6.45, 7) is 1.10. The summed E-state index contributed by atoms with van der Waals surface area (Å²) in [5.41, 5.74) is 5.43. The average molecular weight is 159 g/mol. The molecule has 1 aliphatic heterocycles. The Kier molecular flexibility index (Phi) is 2.84. The Bertz CT molecular complexity index is 149. The number of carbonyl (C=O) groups is 1. The second-order valence-electron chi connectivity index (χ2n) is 2.60. The van der Waals surface area contributed by atoms with Gasteiger partial charge in [-0.25, -0.2) is 4.79 Å². The molecule has 0 aromatic heterocycles. The van der Waals surface area contributed by atoms with E-state index in [1.165, 1.54) is 7.11 Å². The average Bonchev–Trinajstić information content (AvgIpc) is 2.50. The Labute approximate surface area is 65.7 Å². The van der Waals surface area contributed by atoms with Crippen LogP contribution in [0, 0.1) is 5.92 Å². The molecule has 0 saturated carbocycles. The minimum absolute atomic E-state index is 0.141. The number of hydrogen-bond acceptors (Lipinski definition) is 4. The van der Waals surface area contributed by atoms with Crippen LogP contribution in [0.4, 0.5) is 0 Å². The summed E-state index contributed by atoms with van der Waals surface area (Å²) in [4.78, 5) is 11.0. The van der Waals surface area contributed by atoms with Gasteiger partial charge in [0.2, 0.25) is 0 Å². The van der Waals surface area contributed by atoms with Gasteiger partial charge in [0.1, 0.15) is 0 Å². The number of ether oxygens (including phenoxy) is 2. The normalized spacial score (nSPS) is 30.4. The molecule has 2 N–H and O–H groups in total. The SMILES string of the molecule is COC(=O)[C@H]1OCC[C@H]1CN. The fourth-order valence-corrected chi connectivity index (χ4v) is 1.25. The number of esters is 1. The van der Waals surface area contributed by atoms with Crippen molar-refractivity contribution in [2.45, 2.75) is 12.5 Å². The molecule has 0 aromatic carbocycles. The van der Waals surface area contributed by atoms with E-state index in [-0.39, 0.29) is 11.9 Å². The van der Waals surface area contributed by atoms with E-state index in [0.717, 1.165) is 6.42 Å². The van der Waals surface area contributed by atoms with E-state index in [0.29, 0.717) is 13.2 Å². The van der Waals surface area contributed by atoms with Crippen LogP contribution in [0.5, 0.6) is 0 Å². The lowest BCUT2D eigenvalue weighted by Gasteiger charge is -2.13. The van der Waals surface area contributed by atoms with Crippen LogP contribution < -0.4 is 5.73 Å². The summed E-state index contributed by atoms with van der Waals surface area (Å²) in [5.74, 6) is -0.166. The largest absolute Gasteiger partial charge is 0.467 e. The van der Waals surface area contributed by atoms with Gasteiger partial charge in [0.05, 0.1) is 7.11 Å². The Morgan fingerprint density at radius 1 is 1.82 bits per heavy atom. The van der Waals surface area contributed by atoms with Crippen molar-refractivity contribution < 1.29 is 14.3 Å². The minimum Gasteiger partial charge on any atom is -0.467 e. The van der Waals surface area contributed by atoms with Gasteiger partial charge in [-0.05, 0) is 13.0 Å². The van der Waals surface area contributed by atoms with E-state index < -0.39 is 6.10 Å². The lowest BCUT2D eigenvalue weighted by Crippen LogP contribution is -2.32. The molecule has 0 unspecified atom stereocenters. The molecule has 11 heavy (non-hydrogen) atoms. The molecular formula is C7H13NO3. The first-order valence-corrected chi connectivity index (χ1v) is 3.69. The molecule has 2 atom stereocenters. The van der Waals surface area contributed by atoms with E-state index >= 15 is 0 Å². The first-order valence-electron chi connectivity index (χ1n) is 3.69. The second kappa shape index (κ2) is 3.69. The molecule has 64 valence electrons. The summed E-state index contributed by atoms with van der Waals surface area (Å²) < 4.78 is 9.70. The van der Waals surface area contributed by atoms with Gasteiger partial charge in [0.25, 0.3) is 0 Å². The lowest BCUT2D eigenvalue weighted by atomic mass is 10.0. The van der Waals surface area contributed by atoms with Crippen LogP contribution in [0.15, 0.2) is 0 Å². The molecule has 1 aliphatic rings. The monoisotopic (exact) mass is 159 g/mol. The maximum atomic E-state index is 11.0. The Balaban J connectivity index is 2.49. The molecule has 0 aromatic rings. The third-order valence-corrected chi connectivity index (χ3v) is 1.95. The van der Waals surface area contributed by atoms with Crippen LogP contribution in [0.1, 0.15) is 6.42 Å². The summed E-state index contributed by atoms with van der Waals surface area (Å²) in [5, 5.41) is 0. The first kappa shape index (κ1) is 8.49. The second-order valence-corrected chi connectivity index (χ2v) is 2.60. The zero-order valence-corrected chi connectivity index (χ0v) is 6.58. The van der Waals surface area contributed by atoms with Crippen molar-refractivity contribution in [1.29, 1.82) is 0 Å². The number of hydrogen-bond donors (Lipinski definition) is 1. The van der Waals surface area contributed by atoms with Crippen LogP contribution >= 0.6 is 0 Å². The molecule has 1 saturated heterocycles. The van der Waals surface area contributed by atoms with Crippen LogP contribution in [0.3, 0.4) is 0 Å². The van der Waals surface area contributed by atoms with Crippen molar-refractivity contribution in [3.05, 3.63) is 0 Å². The Morgan fingerprint density at radius 3 is 3.09 bits per heavy atom. The van der Waals surface area contributed by atoms with Crippen molar-refractivity contribution in [3.8, 4) is 0 Å². The van der Waals surface area contributed by atoms with Crippen LogP contribution in [0.25, 0.3) is 0 Å². The van der Waals surface area contributed by atoms with Gasteiger partial charge in [-0.2, -0.15) is 0 Å². The molecule has 0 amide bonds. The molecule has 0 bridgehead atoms. The molecule has 0 spiro atoms. The molecule has 4 heteroatoms. The highest BCUT2D eigenvalue weighted by atomic mass is 16.6. The number of methoxy groups -OCH3 is 1. The molecule has 0 radical (unpaired) electrons. The molecular weight excluding hydrogens is 146 g/mol. The standard InChI is InChI=1S/C7H13NO3/c1-10-7(9)6-5(4-8)2-3-11-6/h5-6H,2-4,8H2,1H3/t5-,6-/m0/s1. The molecule has 1 fully saturated rings. The summed E-state index contributed by atoms with van der Waals surface area (Å²) >= 11 is 0. The van der Waals surface area contributed by atoms with E-state index in [1.807, 2.05) is 0 Å². The van der Waals surface area contributed by atoms with Crippen molar-refractivity contribution in [2.24, 2.45) is 11.7 Å². The third-order valence-electron chi connectivity index (χ3n) is 1.95. The van der Waals surface area contributed by atoms with Gasteiger partial charge >= 0.3 is 5.97 Å². The van der Waals surface area contributed by atoms with Crippen molar-refractivity contribution in [2.75, 3.05) is 20.3 Å². The van der Waals surface area contributed by atoms with Gasteiger partial charge in [-0.3, -0.25) is 0 Å². The Hall–Kier alpha value is -0.610. The predicted octanol–water partition coefficient (Wildman–Crippen LogP) is -0.477. The summed E-state index contributed by atoms with van der Waals surface area (Å²) in [7, 11) is 1.36. The van der Waals surface area contributed by atoms with Crippen LogP contribution in [-0.4, -0.2) is 32.3 Å². The van der Waals surface area contributed by atoms with Gasteiger partial charge < -0.3 is 15.2 Å². The van der Waals surface area contributed by atoms with Crippen molar-refractivity contribution in [1.82, 2.24) is 0 Å². The fourth-order valence-electron chi connectivity index (χ4n) is 1.25. The highest BCUT2D eigenvalue weighted by Gasteiger charge is 2.33. The molecule has 4 nitrogen and oxygen atoms in total. The van der Waals surface area contributed by atoms with Crippen LogP contribution in [0.2, 0.25) is 0 Å². The highest BCUT2D eigenvalue weighted by Crippen LogP contribution is 2.20.